The molecule has 0 aromatic heterocycles. The normalized spacial score (nSPS) is 16.7. The topological polar surface area (TPSA) is 60.9 Å². The highest BCUT2D eigenvalue weighted by atomic mass is 19.4. The lowest BCUT2D eigenvalue weighted by molar-refractivity contribution is -0.137. The molecular weight excluding hydrogens is 409 g/mol. The van der Waals surface area contributed by atoms with Crippen LogP contribution in [0.5, 0.6) is 5.75 Å². The van der Waals surface area contributed by atoms with Gasteiger partial charge in [-0.1, -0.05) is 6.07 Å². The number of carbonyl (C=O) groups excluding carboxylic acids is 2. The lowest BCUT2D eigenvalue weighted by atomic mass is 9.89. The van der Waals surface area contributed by atoms with Crippen molar-refractivity contribution in [1.29, 1.82) is 0 Å². The number of piperazine rings is 1. The summed E-state index contributed by atoms with van der Waals surface area (Å²) < 4.78 is 38.8. The Morgan fingerprint density at radius 1 is 0.839 bits per heavy atom. The van der Waals surface area contributed by atoms with Gasteiger partial charge in [-0.05, 0) is 67.1 Å². The van der Waals surface area contributed by atoms with Gasteiger partial charge in [0.15, 0.2) is 0 Å². The highest BCUT2D eigenvalue weighted by Gasteiger charge is 2.32. The van der Waals surface area contributed by atoms with Crippen LogP contribution in [0.15, 0.2) is 36.4 Å². The standard InChI is InChI=1S/C23H23F3N2O3/c24-23(25,26)18-7-3-6-17(12-18)21(30)27-8-10-28(11-9-27)22(31)19-13-15-4-1-2-5-16(15)14-20(19)29/h3,6-7,12-14,29H,1-2,4-5,8-11H2. The molecule has 5 nitrogen and oxygen atoms in total. The van der Waals surface area contributed by atoms with E-state index in [9.17, 15) is 27.9 Å². The van der Waals surface area contributed by atoms with Gasteiger partial charge in [0.2, 0.25) is 0 Å². The quantitative estimate of drug-likeness (QED) is 0.784. The number of aromatic hydroxyl groups is 1. The number of phenols is 1. The predicted molar refractivity (Wildman–Crippen MR) is 108 cm³/mol. The third-order valence-electron chi connectivity index (χ3n) is 5.98. The molecule has 1 aliphatic heterocycles. The zero-order chi connectivity index (χ0) is 22.2. The molecule has 31 heavy (non-hydrogen) atoms. The molecule has 1 heterocycles. The van der Waals surface area contributed by atoms with Crippen molar-refractivity contribution in [3.05, 3.63) is 64.2 Å². The molecule has 0 radical (unpaired) electrons. The van der Waals surface area contributed by atoms with Crippen LogP contribution in [0, 0.1) is 0 Å². The van der Waals surface area contributed by atoms with Gasteiger partial charge in [-0.2, -0.15) is 13.2 Å². The van der Waals surface area contributed by atoms with Crippen molar-refractivity contribution in [2.24, 2.45) is 0 Å². The summed E-state index contributed by atoms with van der Waals surface area (Å²) in [7, 11) is 0. The highest BCUT2D eigenvalue weighted by Crippen LogP contribution is 2.31. The summed E-state index contributed by atoms with van der Waals surface area (Å²) in [5.41, 5.74) is 1.54. The van der Waals surface area contributed by atoms with Gasteiger partial charge in [-0.15, -0.1) is 0 Å². The zero-order valence-corrected chi connectivity index (χ0v) is 16.9. The molecule has 164 valence electrons. The molecule has 0 bridgehead atoms. The zero-order valence-electron chi connectivity index (χ0n) is 16.9. The smallest absolute Gasteiger partial charge is 0.416 e. The van der Waals surface area contributed by atoms with E-state index in [1.807, 2.05) is 0 Å². The average Bonchev–Trinajstić information content (AvgIpc) is 2.77. The molecule has 1 fully saturated rings. The Hall–Kier alpha value is -3.03. The second-order valence-electron chi connectivity index (χ2n) is 8.01. The van der Waals surface area contributed by atoms with E-state index in [1.54, 1.807) is 17.0 Å². The van der Waals surface area contributed by atoms with Gasteiger partial charge in [0.05, 0.1) is 11.1 Å². The maximum absolute atomic E-state index is 12.9. The van der Waals surface area contributed by atoms with Crippen LogP contribution >= 0.6 is 0 Å². The fourth-order valence-electron chi connectivity index (χ4n) is 4.24. The lowest BCUT2D eigenvalue weighted by Crippen LogP contribution is -2.50. The monoisotopic (exact) mass is 432 g/mol. The van der Waals surface area contributed by atoms with Crippen LogP contribution in [0.25, 0.3) is 0 Å². The number of hydrogen-bond acceptors (Lipinski definition) is 3. The molecule has 0 unspecified atom stereocenters. The van der Waals surface area contributed by atoms with Gasteiger partial charge in [-0.3, -0.25) is 9.59 Å². The van der Waals surface area contributed by atoms with Gasteiger partial charge in [0.25, 0.3) is 11.8 Å². The minimum Gasteiger partial charge on any atom is -0.507 e. The van der Waals surface area contributed by atoms with Crippen LogP contribution in [-0.2, 0) is 19.0 Å². The first kappa shape index (κ1) is 21.2. The number of hydrogen-bond donors (Lipinski definition) is 1. The average molecular weight is 432 g/mol. The second kappa shape index (κ2) is 8.24. The van der Waals surface area contributed by atoms with Crippen LogP contribution in [0.1, 0.15) is 50.2 Å². The summed E-state index contributed by atoms with van der Waals surface area (Å²) >= 11 is 0. The molecule has 8 heteroatoms. The van der Waals surface area contributed by atoms with Gasteiger partial charge in [-0.25, -0.2) is 0 Å². The van der Waals surface area contributed by atoms with Gasteiger partial charge < -0.3 is 14.9 Å². The molecule has 4 rings (SSSR count). The number of rotatable bonds is 2. The number of aryl methyl sites for hydroxylation is 2. The Kier molecular flexibility index (Phi) is 5.64. The van der Waals surface area contributed by atoms with Crippen molar-refractivity contribution in [2.45, 2.75) is 31.9 Å². The molecule has 1 N–H and O–H groups in total. The van der Waals surface area contributed by atoms with Crippen molar-refractivity contribution in [1.82, 2.24) is 9.80 Å². The Balaban J connectivity index is 1.43. The number of halogens is 3. The summed E-state index contributed by atoms with van der Waals surface area (Å²) in [5.74, 6) is -0.819. The van der Waals surface area contributed by atoms with E-state index < -0.39 is 17.6 Å². The van der Waals surface area contributed by atoms with E-state index >= 15 is 0 Å². The largest absolute Gasteiger partial charge is 0.507 e. The highest BCUT2D eigenvalue weighted by molar-refractivity contribution is 5.98. The van der Waals surface area contributed by atoms with Crippen molar-refractivity contribution >= 4 is 11.8 Å². The van der Waals surface area contributed by atoms with E-state index in [-0.39, 0.29) is 49.0 Å². The van der Waals surface area contributed by atoms with E-state index in [0.717, 1.165) is 48.9 Å². The molecule has 2 amide bonds. The molecule has 1 aliphatic carbocycles. The van der Waals surface area contributed by atoms with Crippen LogP contribution in [-0.4, -0.2) is 52.9 Å². The molecule has 0 spiro atoms. The SMILES string of the molecule is O=C(c1cccc(C(F)(F)F)c1)N1CCN(C(=O)c2cc3c(cc2O)CCCC3)CC1. The Bertz CT molecular complexity index is 1010. The van der Waals surface area contributed by atoms with Crippen LogP contribution < -0.4 is 0 Å². The third kappa shape index (κ3) is 4.38. The molecular formula is C23H23F3N2O3. The number of nitrogens with zero attached hydrogens (tertiary/aromatic N) is 2. The Morgan fingerprint density at radius 3 is 2.03 bits per heavy atom. The van der Waals surface area contributed by atoms with Crippen LogP contribution in [0.3, 0.4) is 0 Å². The molecule has 2 aromatic rings. The number of phenolic OH excluding ortho intramolecular Hbond substituents is 1. The van der Waals surface area contributed by atoms with E-state index in [4.69, 9.17) is 0 Å². The van der Waals surface area contributed by atoms with Crippen molar-refractivity contribution in [3.8, 4) is 5.75 Å². The number of benzene rings is 2. The van der Waals surface area contributed by atoms with Crippen LogP contribution in [0.4, 0.5) is 13.2 Å². The fraction of sp³-hybridized carbons (Fsp3) is 0.391. The van der Waals surface area contributed by atoms with Crippen molar-refractivity contribution in [3.63, 3.8) is 0 Å². The number of alkyl halides is 3. The first-order valence-corrected chi connectivity index (χ1v) is 10.3. The maximum atomic E-state index is 12.9. The van der Waals surface area contributed by atoms with E-state index in [1.165, 1.54) is 17.0 Å². The molecule has 0 atom stereocenters. The Labute approximate surface area is 178 Å². The number of amides is 2. The second-order valence-corrected chi connectivity index (χ2v) is 8.01. The molecule has 2 aliphatic rings. The number of fused-ring (bicyclic) bond motifs is 1. The van der Waals surface area contributed by atoms with Gasteiger partial charge in [0, 0.05) is 31.7 Å². The van der Waals surface area contributed by atoms with Crippen LogP contribution in [0.2, 0.25) is 0 Å². The van der Waals surface area contributed by atoms with Crippen molar-refractivity contribution < 1.29 is 27.9 Å². The molecule has 0 saturated carbocycles. The number of carbonyl (C=O) groups is 2. The first-order chi connectivity index (χ1) is 14.7. The predicted octanol–water partition coefficient (Wildman–Crippen LogP) is 3.89. The van der Waals surface area contributed by atoms with Gasteiger partial charge >= 0.3 is 6.18 Å². The van der Waals surface area contributed by atoms with Gasteiger partial charge in [0.1, 0.15) is 5.75 Å². The summed E-state index contributed by atoms with van der Waals surface area (Å²) in [4.78, 5) is 28.6. The summed E-state index contributed by atoms with van der Waals surface area (Å²) in [5, 5.41) is 10.3. The minimum absolute atomic E-state index is 0.0260. The minimum atomic E-state index is -4.52. The summed E-state index contributed by atoms with van der Waals surface area (Å²) in [6.07, 6.45) is -0.607. The lowest BCUT2D eigenvalue weighted by Gasteiger charge is -2.35. The van der Waals surface area contributed by atoms with Crippen molar-refractivity contribution in [2.75, 3.05) is 26.2 Å². The Morgan fingerprint density at radius 2 is 1.42 bits per heavy atom. The summed E-state index contributed by atoms with van der Waals surface area (Å²) in [6.45, 7) is 0.930. The molecule has 2 aromatic carbocycles. The maximum Gasteiger partial charge on any atom is 0.416 e. The first-order valence-electron chi connectivity index (χ1n) is 10.3. The fourth-order valence-corrected chi connectivity index (χ4v) is 4.24. The van der Waals surface area contributed by atoms with E-state index in [2.05, 4.69) is 0 Å². The third-order valence-corrected chi connectivity index (χ3v) is 5.98. The molecule has 1 saturated heterocycles. The van der Waals surface area contributed by atoms with E-state index in [0.29, 0.717) is 0 Å². The summed E-state index contributed by atoms with van der Waals surface area (Å²) in [6, 6.07) is 7.81.